The van der Waals surface area contributed by atoms with Crippen molar-refractivity contribution < 1.29 is 13.2 Å². The molecule has 2 unspecified atom stereocenters. The standard InChI is InChI=1S/C13H17F3N4/c1-9(5-12(2,8-17)19-11-3-4-11)20-7-10(6-18-20)13(14,15)16/h6-7,9,11,19H,3-5H2,1-2H3. The van der Waals surface area contributed by atoms with E-state index in [1.807, 2.05) is 0 Å². The molecule has 1 heterocycles. The van der Waals surface area contributed by atoms with E-state index < -0.39 is 17.3 Å². The number of halogens is 3. The first-order chi connectivity index (χ1) is 9.23. The number of alkyl halides is 3. The van der Waals surface area contributed by atoms with Gasteiger partial charge in [0.2, 0.25) is 0 Å². The first-order valence-corrected chi connectivity index (χ1v) is 6.54. The lowest BCUT2D eigenvalue weighted by molar-refractivity contribution is -0.137. The van der Waals surface area contributed by atoms with E-state index >= 15 is 0 Å². The summed E-state index contributed by atoms with van der Waals surface area (Å²) >= 11 is 0. The van der Waals surface area contributed by atoms with Crippen LogP contribution in [0.1, 0.15) is 44.7 Å². The summed E-state index contributed by atoms with van der Waals surface area (Å²) in [6.45, 7) is 3.54. The van der Waals surface area contributed by atoms with Crippen LogP contribution in [-0.2, 0) is 6.18 Å². The summed E-state index contributed by atoms with van der Waals surface area (Å²) in [5.41, 5.74) is -1.51. The van der Waals surface area contributed by atoms with Crippen LogP contribution in [0, 0.1) is 11.3 Å². The van der Waals surface area contributed by atoms with Crippen LogP contribution in [0.3, 0.4) is 0 Å². The highest BCUT2D eigenvalue weighted by Gasteiger charge is 2.35. The van der Waals surface area contributed by atoms with Crippen LogP contribution in [0.25, 0.3) is 0 Å². The minimum atomic E-state index is -4.39. The number of aromatic nitrogens is 2. The van der Waals surface area contributed by atoms with Crippen molar-refractivity contribution in [1.29, 1.82) is 5.26 Å². The molecule has 1 aliphatic carbocycles. The molecule has 0 aromatic carbocycles. The number of hydrogen-bond acceptors (Lipinski definition) is 3. The zero-order valence-electron chi connectivity index (χ0n) is 11.4. The minimum Gasteiger partial charge on any atom is -0.297 e. The van der Waals surface area contributed by atoms with Crippen molar-refractivity contribution in [2.24, 2.45) is 0 Å². The number of nitriles is 1. The number of nitrogens with one attached hydrogen (secondary N) is 1. The molecule has 7 heteroatoms. The second kappa shape index (κ2) is 5.09. The molecule has 4 nitrogen and oxygen atoms in total. The van der Waals surface area contributed by atoms with Crippen molar-refractivity contribution in [2.75, 3.05) is 0 Å². The zero-order chi connectivity index (χ0) is 15.0. The quantitative estimate of drug-likeness (QED) is 0.905. The molecule has 110 valence electrons. The van der Waals surface area contributed by atoms with E-state index in [9.17, 15) is 18.4 Å². The van der Waals surface area contributed by atoms with Crippen LogP contribution in [0.4, 0.5) is 13.2 Å². The molecule has 1 fully saturated rings. The van der Waals surface area contributed by atoms with Gasteiger partial charge in [0, 0.05) is 18.7 Å². The van der Waals surface area contributed by atoms with Gasteiger partial charge in [-0.2, -0.15) is 23.5 Å². The van der Waals surface area contributed by atoms with Crippen molar-refractivity contribution >= 4 is 0 Å². The number of rotatable bonds is 5. The van der Waals surface area contributed by atoms with E-state index in [4.69, 9.17) is 0 Å². The van der Waals surface area contributed by atoms with Crippen molar-refractivity contribution in [2.45, 2.75) is 56.9 Å². The summed E-state index contributed by atoms with van der Waals surface area (Å²) in [4.78, 5) is 0. The molecule has 1 aromatic rings. The summed E-state index contributed by atoms with van der Waals surface area (Å²) < 4.78 is 38.9. The second-order valence-corrected chi connectivity index (χ2v) is 5.62. The molecular weight excluding hydrogens is 269 g/mol. The summed E-state index contributed by atoms with van der Waals surface area (Å²) in [5.74, 6) is 0. The third-order valence-corrected chi connectivity index (χ3v) is 3.43. The van der Waals surface area contributed by atoms with Gasteiger partial charge in [-0.05, 0) is 26.7 Å². The fourth-order valence-corrected chi connectivity index (χ4v) is 2.22. The topological polar surface area (TPSA) is 53.6 Å². The SMILES string of the molecule is CC(CC(C)(C#N)NC1CC1)n1cc(C(F)(F)F)cn1. The van der Waals surface area contributed by atoms with Gasteiger partial charge >= 0.3 is 6.18 Å². The van der Waals surface area contributed by atoms with Crippen LogP contribution < -0.4 is 5.32 Å². The first-order valence-electron chi connectivity index (χ1n) is 6.54. The maximum absolute atomic E-state index is 12.5. The summed E-state index contributed by atoms with van der Waals surface area (Å²) in [6, 6.07) is 2.28. The van der Waals surface area contributed by atoms with E-state index in [0.717, 1.165) is 25.2 Å². The van der Waals surface area contributed by atoms with E-state index in [-0.39, 0.29) is 6.04 Å². The number of nitrogens with zero attached hydrogens (tertiary/aromatic N) is 3. The molecule has 1 aromatic heterocycles. The molecule has 2 rings (SSSR count). The maximum Gasteiger partial charge on any atom is 0.419 e. The molecule has 1 N–H and O–H groups in total. The van der Waals surface area contributed by atoms with Crippen LogP contribution in [0.15, 0.2) is 12.4 Å². The van der Waals surface area contributed by atoms with Crippen LogP contribution in [-0.4, -0.2) is 21.4 Å². The first kappa shape index (κ1) is 14.9. The molecule has 0 bridgehead atoms. The van der Waals surface area contributed by atoms with Crippen molar-refractivity contribution in [3.63, 3.8) is 0 Å². The van der Waals surface area contributed by atoms with Gasteiger partial charge in [-0.15, -0.1) is 0 Å². The average Bonchev–Trinajstić information content (AvgIpc) is 2.98. The van der Waals surface area contributed by atoms with Crippen molar-refractivity contribution in [3.05, 3.63) is 18.0 Å². The Bertz CT molecular complexity index is 512. The third kappa shape index (κ3) is 3.51. The lowest BCUT2D eigenvalue weighted by Crippen LogP contribution is -2.43. The summed E-state index contributed by atoms with van der Waals surface area (Å²) in [6.07, 6.45) is -0.0901. The predicted molar refractivity (Wildman–Crippen MR) is 66.7 cm³/mol. The molecule has 0 amide bonds. The highest BCUT2D eigenvalue weighted by Crippen LogP contribution is 2.31. The van der Waals surface area contributed by atoms with Gasteiger partial charge in [-0.1, -0.05) is 0 Å². The Kier molecular flexibility index (Phi) is 3.78. The minimum absolute atomic E-state index is 0.290. The largest absolute Gasteiger partial charge is 0.419 e. The lowest BCUT2D eigenvalue weighted by Gasteiger charge is -2.26. The van der Waals surface area contributed by atoms with E-state index in [0.29, 0.717) is 12.5 Å². The molecule has 20 heavy (non-hydrogen) atoms. The van der Waals surface area contributed by atoms with Crippen LogP contribution in [0.5, 0.6) is 0 Å². The maximum atomic E-state index is 12.5. The highest BCUT2D eigenvalue weighted by molar-refractivity contribution is 5.11. The van der Waals surface area contributed by atoms with Gasteiger partial charge in [-0.25, -0.2) is 0 Å². The third-order valence-electron chi connectivity index (χ3n) is 3.43. The molecule has 0 radical (unpaired) electrons. The normalized spacial score (nSPS) is 20.2. The Morgan fingerprint density at radius 1 is 1.55 bits per heavy atom. The summed E-state index contributed by atoms with van der Waals surface area (Å²) in [7, 11) is 0. The Morgan fingerprint density at radius 2 is 2.20 bits per heavy atom. The highest BCUT2D eigenvalue weighted by atomic mass is 19.4. The Morgan fingerprint density at radius 3 is 2.65 bits per heavy atom. The lowest BCUT2D eigenvalue weighted by atomic mass is 9.95. The van der Waals surface area contributed by atoms with Crippen LogP contribution >= 0.6 is 0 Å². The fraction of sp³-hybridized carbons (Fsp3) is 0.692. The van der Waals surface area contributed by atoms with Gasteiger partial charge in [0.25, 0.3) is 0 Å². The molecule has 0 saturated heterocycles. The van der Waals surface area contributed by atoms with Crippen LogP contribution in [0.2, 0.25) is 0 Å². The van der Waals surface area contributed by atoms with E-state index in [1.165, 1.54) is 4.68 Å². The molecule has 1 saturated carbocycles. The molecular formula is C13H17F3N4. The second-order valence-electron chi connectivity index (χ2n) is 5.62. The fourth-order valence-electron chi connectivity index (χ4n) is 2.22. The van der Waals surface area contributed by atoms with Gasteiger partial charge in [0.1, 0.15) is 5.54 Å². The van der Waals surface area contributed by atoms with Gasteiger partial charge in [0.05, 0.1) is 23.9 Å². The van der Waals surface area contributed by atoms with Gasteiger partial charge in [0.15, 0.2) is 0 Å². The molecule has 1 aliphatic rings. The smallest absolute Gasteiger partial charge is 0.297 e. The van der Waals surface area contributed by atoms with Crippen molar-refractivity contribution in [3.8, 4) is 6.07 Å². The Balaban J connectivity index is 2.05. The van der Waals surface area contributed by atoms with E-state index in [2.05, 4.69) is 16.5 Å². The zero-order valence-corrected chi connectivity index (χ0v) is 11.4. The average molecular weight is 286 g/mol. The Labute approximate surface area is 115 Å². The van der Waals surface area contributed by atoms with Crippen molar-refractivity contribution in [1.82, 2.24) is 15.1 Å². The molecule has 0 spiro atoms. The monoisotopic (exact) mass is 286 g/mol. The Hall–Kier alpha value is -1.55. The number of hydrogen-bond donors (Lipinski definition) is 1. The molecule has 0 aliphatic heterocycles. The van der Waals surface area contributed by atoms with Gasteiger partial charge < -0.3 is 0 Å². The van der Waals surface area contributed by atoms with Gasteiger partial charge in [-0.3, -0.25) is 10.00 Å². The summed E-state index contributed by atoms with van der Waals surface area (Å²) in [5, 5.41) is 16.3. The van der Waals surface area contributed by atoms with E-state index in [1.54, 1.807) is 13.8 Å². The molecule has 2 atom stereocenters. The predicted octanol–water partition coefficient (Wildman–Crippen LogP) is 2.89.